The van der Waals surface area contributed by atoms with Crippen LogP contribution in [0.25, 0.3) is 11.4 Å². The van der Waals surface area contributed by atoms with Crippen molar-refractivity contribution >= 4 is 23.3 Å². The van der Waals surface area contributed by atoms with Crippen molar-refractivity contribution in [1.82, 2.24) is 14.9 Å². The second kappa shape index (κ2) is 8.59. The number of hydrogen-bond acceptors (Lipinski definition) is 5. The Hall–Kier alpha value is -3.32. The van der Waals surface area contributed by atoms with Gasteiger partial charge in [-0.2, -0.15) is 0 Å². The van der Waals surface area contributed by atoms with Crippen molar-refractivity contribution in [3.05, 3.63) is 64.9 Å². The molecule has 2 heterocycles. The highest BCUT2D eigenvalue weighted by molar-refractivity contribution is 6.32. The van der Waals surface area contributed by atoms with E-state index in [2.05, 4.69) is 10.3 Å². The van der Waals surface area contributed by atoms with Crippen LogP contribution in [0.1, 0.15) is 11.3 Å². The zero-order chi connectivity index (χ0) is 21.1. The van der Waals surface area contributed by atoms with Gasteiger partial charge < -0.3 is 19.7 Å². The van der Waals surface area contributed by atoms with Gasteiger partial charge in [-0.3, -0.25) is 0 Å². The Morgan fingerprint density at radius 1 is 1.13 bits per heavy atom. The first-order chi connectivity index (χ1) is 14.6. The van der Waals surface area contributed by atoms with Crippen LogP contribution in [-0.4, -0.2) is 41.7 Å². The van der Waals surface area contributed by atoms with Crippen LogP contribution in [0.3, 0.4) is 0 Å². The fraction of sp³-hybridized carbons (Fsp3) is 0.227. The molecule has 0 bridgehead atoms. The van der Waals surface area contributed by atoms with E-state index in [0.29, 0.717) is 47.5 Å². The van der Waals surface area contributed by atoms with Crippen LogP contribution in [0, 0.1) is 0 Å². The number of fused-ring (bicyclic) bond motifs is 1. The lowest BCUT2D eigenvalue weighted by Crippen LogP contribution is -2.39. The molecule has 2 aromatic carbocycles. The predicted molar refractivity (Wildman–Crippen MR) is 115 cm³/mol. The minimum Gasteiger partial charge on any atom is -0.495 e. The summed E-state index contributed by atoms with van der Waals surface area (Å²) < 4.78 is 10.5. The third kappa shape index (κ3) is 4.02. The highest BCUT2D eigenvalue weighted by atomic mass is 35.5. The van der Waals surface area contributed by atoms with E-state index in [1.165, 1.54) is 14.2 Å². The quantitative estimate of drug-likeness (QED) is 0.671. The van der Waals surface area contributed by atoms with Crippen molar-refractivity contribution in [3.8, 4) is 22.9 Å². The minimum absolute atomic E-state index is 0.243. The van der Waals surface area contributed by atoms with Gasteiger partial charge in [0.05, 0.1) is 37.2 Å². The summed E-state index contributed by atoms with van der Waals surface area (Å²) >= 11 is 6.20. The van der Waals surface area contributed by atoms with Gasteiger partial charge in [-0.05, 0) is 6.07 Å². The second-order valence-corrected chi connectivity index (χ2v) is 7.23. The van der Waals surface area contributed by atoms with Crippen LogP contribution in [-0.2, 0) is 13.0 Å². The molecule has 8 heteroatoms. The number of hydrogen-bond donors (Lipinski definition) is 1. The number of urea groups is 1. The van der Waals surface area contributed by atoms with Crippen molar-refractivity contribution in [3.63, 3.8) is 0 Å². The van der Waals surface area contributed by atoms with Crippen molar-refractivity contribution in [2.75, 3.05) is 26.1 Å². The maximum absolute atomic E-state index is 12.8. The van der Waals surface area contributed by atoms with E-state index >= 15 is 0 Å². The van der Waals surface area contributed by atoms with E-state index in [9.17, 15) is 4.79 Å². The summed E-state index contributed by atoms with van der Waals surface area (Å²) in [5, 5.41) is 3.26. The Morgan fingerprint density at radius 2 is 1.90 bits per heavy atom. The van der Waals surface area contributed by atoms with E-state index in [-0.39, 0.29) is 6.03 Å². The Kier molecular flexibility index (Phi) is 5.72. The summed E-state index contributed by atoms with van der Waals surface area (Å²) in [6.07, 6.45) is 2.46. The standard InChI is InChI=1S/C22H21ClN4O3/c1-29-19-11-20(30-2)18(10-16(19)23)26-22(28)27-9-8-17-15(13-27)12-24-21(25-17)14-6-4-3-5-7-14/h3-7,10-12H,8-9,13H2,1-2H3,(H,26,28). The molecule has 1 aromatic heterocycles. The molecule has 7 nitrogen and oxygen atoms in total. The van der Waals surface area contributed by atoms with E-state index in [0.717, 1.165) is 16.8 Å². The normalized spacial score (nSPS) is 12.8. The van der Waals surface area contributed by atoms with E-state index < -0.39 is 0 Å². The van der Waals surface area contributed by atoms with Gasteiger partial charge in [-0.1, -0.05) is 41.9 Å². The molecule has 0 saturated carbocycles. The Balaban J connectivity index is 1.50. The summed E-state index contributed by atoms with van der Waals surface area (Å²) in [5.41, 5.74) is 3.37. The highest BCUT2D eigenvalue weighted by Crippen LogP contribution is 2.36. The lowest BCUT2D eigenvalue weighted by Gasteiger charge is -2.28. The topological polar surface area (TPSA) is 76.6 Å². The van der Waals surface area contributed by atoms with E-state index in [1.807, 2.05) is 30.3 Å². The van der Waals surface area contributed by atoms with Gasteiger partial charge in [0.25, 0.3) is 0 Å². The molecule has 0 fully saturated rings. The molecule has 0 atom stereocenters. The number of nitrogens with zero attached hydrogens (tertiary/aromatic N) is 3. The molecule has 1 N–H and O–H groups in total. The fourth-order valence-corrected chi connectivity index (χ4v) is 3.61. The number of methoxy groups -OCH3 is 2. The molecule has 2 amide bonds. The first-order valence-electron chi connectivity index (χ1n) is 9.46. The minimum atomic E-state index is -0.243. The van der Waals surface area contributed by atoms with Gasteiger partial charge in [-0.25, -0.2) is 14.8 Å². The van der Waals surface area contributed by atoms with Crippen LogP contribution in [0.15, 0.2) is 48.7 Å². The largest absolute Gasteiger partial charge is 0.495 e. The summed E-state index contributed by atoms with van der Waals surface area (Å²) in [5.74, 6) is 1.65. The lowest BCUT2D eigenvalue weighted by molar-refractivity contribution is 0.205. The second-order valence-electron chi connectivity index (χ2n) is 6.82. The van der Waals surface area contributed by atoms with Crippen LogP contribution in [0.2, 0.25) is 5.02 Å². The average Bonchev–Trinajstić information content (AvgIpc) is 2.79. The summed E-state index contributed by atoms with van der Waals surface area (Å²) in [6.45, 7) is 0.985. The van der Waals surface area contributed by atoms with Crippen molar-refractivity contribution in [1.29, 1.82) is 0 Å². The van der Waals surface area contributed by atoms with Crippen LogP contribution < -0.4 is 14.8 Å². The maximum atomic E-state index is 12.8. The van der Waals surface area contributed by atoms with Gasteiger partial charge in [0, 0.05) is 36.4 Å². The molecule has 1 aliphatic heterocycles. The van der Waals surface area contributed by atoms with Gasteiger partial charge >= 0.3 is 6.03 Å². The van der Waals surface area contributed by atoms with Gasteiger partial charge in [-0.15, -0.1) is 0 Å². The molecule has 0 radical (unpaired) electrons. The van der Waals surface area contributed by atoms with Crippen LogP contribution >= 0.6 is 11.6 Å². The van der Waals surface area contributed by atoms with Crippen LogP contribution in [0.5, 0.6) is 11.5 Å². The highest BCUT2D eigenvalue weighted by Gasteiger charge is 2.24. The third-order valence-corrected chi connectivity index (χ3v) is 5.26. The molecular weight excluding hydrogens is 404 g/mol. The number of benzene rings is 2. The third-order valence-electron chi connectivity index (χ3n) is 4.97. The Labute approximate surface area is 179 Å². The van der Waals surface area contributed by atoms with Crippen molar-refractivity contribution in [2.24, 2.45) is 0 Å². The van der Waals surface area contributed by atoms with Gasteiger partial charge in [0.1, 0.15) is 11.5 Å². The summed E-state index contributed by atoms with van der Waals surface area (Å²) in [4.78, 5) is 23.7. The molecular formula is C22H21ClN4O3. The van der Waals surface area contributed by atoms with Gasteiger partial charge in [0.15, 0.2) is 5.82 Å². The lowest BCUT2D eigenvalue weighted by atomic mass is 10.1. The number of carbonyl (C=O) groups is 1. The number of anilines is 1. The number of amides is 2. The maximum Gasteiger partial charge on any atom is 0.322 e. The van der Waals surface area contributed by atoms with Crippen molar-refractivity contribution < 1.29 is 14.3 Å². The molecule has 0 aliphatic carbocycles. The number of rotatable bonds is 4. The smallest absolute Gasteiger partial charge is 0.322 e. The molecule has 154 valence electrons. The number of nitrogens with one attached hydrogen (secondary N) is 1. The molecule has 0 unspecified atom stereocenters. The molecule has 0 saturated heterocycles. The zero-order valence-electron chi connectivity index (χ0n) is 16.7. The number of halogens is 1. The van der Waals surface area contributed by atoms with E-state index in [1.54, 1.807) is 23.2 Å². The fourth-order valence-electron chi connectivity index (χ4n) is 3.37. The summed E-state index contributed by atoms with van der Waals surface area (Å²) in [7, 11) is 3.05. The predicted octanol–water partition coefficient (Wildman–Crippen LogP) is 4.40. The number of ether oxygens (including phenoxy) is 2. The molecule has 30 heavy (non-hydrogen) atoms. The first-order valence-corrected chi connectivity index (χ1v) is 9.84. The first kappa shape index (κ1) is 20.0. The number of carbonyl (C=O) groups excluding carboxylic acids is 1. The van der Waals surface area contributed by atoms with E-state index in [4.69, 9.17) is 26.1 Å². The Bertz CT molecular complexity index is 1080. The van der Waals surface area contributed by atoms with Crippen LogP contribution in [0.4, 0.5) is 10.5 Å². The molecule has 3 aromatic rings. The van der Waals surface area contributed by atoms with Crippen molar-refractivity contribution in [2.45, 2.75) is 13.0 Å². The molecule has 0 spiro atoms. The molecule has 4 rings (SSSR count). The number of aromatic nitrogens is 2. The Morgan fingerprint density at radius 3 is 2.63 bits per heavy atom. The monoisotopic (exact) mass is 424 g/mol. The molecule has 1 aliphatic rings. The average molecular weight is 425 g/mol. The summed E-state index contributed by atoms with van der Waals surface area (Å²) in [6, 6.07) is 12.9. The zero-order valence-corrected chi connectivity index (χ0v) is 17.4. The van der Waals surface area contributed by atoms with Gasteiger partial charge in [0.2, 0.25) is 0 Å². The SMILES string of the molecule is COc1cc(OC)c(NC(=O)N2CCc3nc(-c4ccccc4)ncc3C2)cc1Cl.